The van der Waals surface area contributed by atoms with E-state index in [9.17, 15) is 24.3 Å². The van der Waals surface area contributed by atoms with Gasteiger partial charge in [0.2, 0.25) is 0 Å². The Morgan fingerprint density at radius 1 is 1.35 bits per heavy atom. The van der Waals surface area contributed by atoms with Gasteiger partial charge in [-0.25, -0.2) is 4.79 Å². The lowest BCUT2D eigenvalue weighted by Gasteiger charge is -2.45. The largest absolute Gasteiger partial charge is 0.481 e. The Morgan fingerprint density at radius 3 is 2.61 bits per heavy atom. The van der Waals surface area contributed by atoms with Gasteiger partial charge in [-0.3, -0.25) is 14.4 Å². The Kier molecular flexibility index (Phi) is 7.93. The van der Waals surface area contributed by atoms with Crippen molar-refractivity contribution in [1.29, 1.82) is 0 Å². The molecule has 6 nitrogen and oxygen atoms in total. The Labute approximate surface area is 183 Å². The lowest BCUT2D eigenvalue weighted by Crippen LogP contribution is -2.47. The molecule has 6 heteroatoms. The van der Waals surface area contributed by atoms with E-state index in [-0.39, 0.29) is 24.2 Å². The normalized spacial score (nSPS) is 29.3. The van der Waals surface area contributed by atoms with Crippen molar-refractivity contribution in [3.05, 3.63) is 47.6 Å². The number of hydrogen-bond acceptors (Lipinski definition) is 5. The first-order chi connectivity index (χ1) is 14.5. The van der Waals surface area contributed by atoms with E-state index in [1.807, 2.05) is 6.92 Å². The van der Waals surface area contributed by atoms with Gasteiger partial charge in [0.25, 0.3) is 0 Å². The molecular formula is C25H32O6. The molecule has 0 bridgehead atoms. The summed E-state index contributed by atoms with van der Waals surface area (Å²) in [4.78, 5) is 48.2. The molecule has 0 aliphatic heterocycles. The number of esters is 1. The van der Waals surface area contributed by atoms with E-state index in [2.05, 4.69) is 26.5 Å². The molecule has 0 radical (unpaired) electrons. The summed E-state index contributed by atoms with van der Waals surface area (Å²) in [5.74, 6) is -2.90. The third-order valence-electron chi connectivity index (χ3n) is 6.64. The molecule has 0 spiro atoms. The highest BCUT2D eigenvalue weighted by atomic mass is 16.5. The second kappa shape index (κ2) is 10.0. The molecule has 1 N–H and O–H groups in total. The number of carboxylic acids is 1. The summed E-state index contributed by atoms with van der Waals surface area (Å²) in [6.45, 7) is 11.5. The monoisotopic (exact) mass is 428 g/mol. The van der Waals surface area contributed by atoms with Gasteiger partial charge in [-0.05, 0) is 49.3 Å². The van der Waals surface area contributed by atoms with E-state index >= 15 is 0 Å². The highest BCUT2D eigenvalue weighted by Crippen LogP contribution is 2.56. The van der Waals surface area contributed by atoms with Crippen molar-refractivity contribution in [3.8, 4) is 0 Å². The third-order valence-corrected chi connectivity index (χ3v) is 6.64. The van der Waals surface area contributed by atoms with Crippen molar-refractivity contribution < 1.29 is 29.0 Å². The van der Waals surface area contributed by atoms with Crippen molar-refractivity contribution in [3.63, 3.8) is 0 Å². The van der Waals surface area contributed by atoms with Crippen LogP contribution in [-0.4, -0.2) is 35.2 Å². The van der Waals surface area contributed by atoms with Gasteiger partial charge >= 0.3 is 11.9 Å². The number of ketones is 1. The van der Waals surface area contributed by atoms with E-state index < -0.39 is 35.3 Å². The topological polar surface area (TPSA) is 97.7 Å². The van der Waals surface area contributed by atoms with Crippen LogP contribution in [0.2, 0.25) is 0 Å². The van der Waals surface area contributed by atoms with E-state index in [1.54, 1.807) is 13.0 Å². The standard InChI is InChI=1S/C25H32O6/c1-6-15(2)11-16(3)7-10-23(28)31-22-9-8-18(24(29)30)25(5)19(12-17(4)14-26)21(27)13-20(22)25/h7,10-11,13-15,18-19,22H,4,6,8-9,12H2,1-3,5H3,(H,29,30). The Hall–Kier alpha value is -2.76. The number of aliphatic carboxylic acids is 1. The van der Waals surface area contributed by atoms with Crippen molar-refractivity contribution in [2.45, 2.75) is 59.5 Å². The van der Waals surface area contributed by atoms with Crippen LogP contribution in [-0.2, 0) is 23.9 Å². The zero-order chi connectivity index (χ0) is 23.3. The molecule has 0 aromatic carbocycles. The van der Waals surface area contributed by atoms with Gasteiger partial charge in [-0.15, -0.1) is 0 Å². The lowest BCUT2D eigenvalue weighted by atomic mass is 9.59. The predicted octanol–water partition coefficient (Wildman–Crippen LogP) is 4.22. The van der Waals surface area contributed by atoms with Crippen molar-refractivity contribution in [2.75, 3.05) is 0 Å². The first-order valence-corrected chi connectivity index (χ1v) is 10.7. The fourth-order valence-electron chi connectivity index (χ4n) is 4.69. The summed E-state index contributed by atoms with van der Waals surface area (Å²) < 4.78 is 5.65. The number of carbonyl (C=O) groups is 4. The van der Waals surface area contributed by atoms with Crippen LogP contribution in [0.4, 0.5) is 0 Å². The van der Waals surface area contributed by atoms with E-state index in [0.29, 0.717) is 24.2 Å². The second-order valence-electron chi connectivity index (χ2n) is 8.84. The van der Waals surface area contributed by atoms with Gasteiger partial charge < -0.3 is 9.84 Å². The molecule has 0 aromatic rings. The molecule has 2 aliphatic rings. The molecule has 0 amide bonds. The molecule has 168 valence electrons. The van der Waals surface area contributed by atoms with Crippen LogP contribution in [0.1, 0.15) is 53.4 Å². The second-order valence-corrected chi connectivity index (χ2v) is 8.84. The number of hydrogen-bond donors (Lipinski definition) is 1. The minimum absolute atomic E-state index is 0.0861. The summed E-state index contributed by atoms with van der Waals surface area (Å²) in [5.41, 5.74) is 0.680. The summed E-state index contributed by atoms with van der Waals surface area (Å²) in [6, 6.07) is 0. The fourth-order valence-corrected chi connectivity index (χ4v) is 4.69. The average Bonchev–Trinajstić information content (AvgIpc) is 2.97. The smallest absolute Gasteiger partial charge is 0.331 e. The Morgan fingerprint density at radius 2 is 2.03 bits per heavy atom. The predicted molar refractivity (Wildman–Crippen MR) is 117 cm³/mol. The minimum Gasteiger partial charge on any atom is -0.481 e. The summed E-state index contributed by atoms with van der Waals surface area (Å²) in [7, 11) is 0. The molecule has 1 fully saturated rings. The van der Waals surface area contributed by atoms with Gasteiger partial charge in [-0.2, -0.15) is 0 Å². The van der Waals surface area contributed by atoms with Crippen LogP contribution >= 0.6 is 0 Å². The molecule has 5 unspecified atom stereocenters. The third kappa shape index (κ3) is 5.30. The molecule has 5 atom stereocenters. The first kappa shape index (κ1) is 24.5. The number of aldehydes is 1. The molecule has 0 aromatic heterocycles. The Balaban J connectivity index is 2.25. The summed E-state index contributed by atoms with van der Waals surface area (Å²) >= 11 is 0. The first-order valence-electron chi connectivity index (χ1n) is 10.7. The minimum atomic E-state index is -1.03. The maximum absolute atomic E-state index is 12.8. The van der Waals surface area contributed by atoms with Crippen LogP contribution in [0.3, 0.4) is 0 Å². The van der Waals surface area contributed by atoms with Crippen molar-refractivity contribution in [2.24, 2.45) is 23.2 Å². The molecule has 31 heavy (non-hydrogen) atoms. The van der Waals surface area contributed by atoms with Gasteiger partial charge in [0.15, 0.2) is 5.78 Å². The SMILES string of the molecule is C=C(C=O)CC1C(=O)C=C2C(OC(=O)C=CC(C)=CC(C)CC)CCC(C(=O)O)C21C. The van der Waals surface area contributed by atoms with Gasteiger partial charge in [0.1, 0.15) is 12.4 Å². The van der Waals surface area contributed by atoms with Gasteiger partial charge in [0, 0.05) is 17.4 Å². The molecule has 2 rings (SSSR count). The average molecular weight is 429 g/mol. The summed E-state index contributed by atoms with van der Waals surface area (Å²) in [5, 5.41) is 9.80. The lowest BCUT2D eigenvalue weighted by molar-refractivity contribution is -0.152. The Bertz CT molecular complexity index is 861. The molecular weight excluding hydrogens is 396 g/mol. The van der Waals surface area contributed by atoms with Gasteiger partial charge in [0.05, 0.1) is 5.92 Å². The number of rotatable bonds is 9. The maximum atomic E-state index is 12.8. The number of ether oxygens (including phenoxy) is 1. The van der Waals surface area contributed by atoms with Crippen LogP contribution in [0, 0.1) is 23.2 Å². The number of carboxylic acid groups (broad SMARTS) is 1. The van der Waals surface area contributed by atoms with E-state index in [1.165, 1.54) is 12.2 Å². The number of fused-ring (bicyclic) bond motifs is 1. The quantitative estimate of drug-likeness (QED) is 0.256. The van der Waals surface area contributed by atoms with Crippen LogP contribution in [0.15, 0.2) is 47.6 Å². The number of carbonyl (C=O) groups excluding carboxylic acids is 3. The van der Waals surface area contributed by atoms with Crippen LogP contribution in [0.5, 0.6) is 0 Å². The highest BCUT2D eigenvalue weighted by molar-refractivity contribution is 5.99. The van der Waals surface area contributed by atoms with E-state index in [4.69, 9.17) is 4.74 Å². The molecule has 0 saturated heterocycles. The maximum Gasteiger partial charge on any atom is 0.331 e. The van der Waals surface area contributed by atoms with Crippen LogP contribution < -0.4 is 0 Å². The molecule has 1 saturated carbocycles. The zero-order valence-electron chi connectivity index (χ0n) is 18.7. The number of allylic oxidation sites excluding steroid dienone is 5. The van der Waals surface area contributed by atoms with Crippen molar-refractivity contribution in [1.82, 2.24) is 0 Å². The zero-order valence-corrected chi connectivity index (χ0v) is 18.7. The molecule has 2 aliphatic carbocycles. The van der Waals surface area contributed by atoms with E-state index in [0.717, 1.165) is 12.0 Å². The van der Waals surface area contributed by atoms with Crippen molar-refractivity contribution >= 4 is 24.0 Å². The highest BCUT2D eigenvalue weighted by Gasteiger charge is 2.58. The molecule has 0 heterocycles. The summed E-state index contributed by atoms with van der Waals surface area (Å²) in [6.07, 6.45) is 8.14. The fraction of sp³-hybridized carbons (Fsp3) is 0.520. The van der Waals surface area contributed by atoms with Gasteiger partial charge in [-0.1, -0.05) is 51.5 Å². The van der Waals surface area contributed by atoms with Crippen LogP contribution in [0.25, 0.3) is 0 Å².